The molecule has 0 spiro atoms. The summed E-state index contributed by atoms with van der Waals surface area (Å²) >= 11 is 0. The van der Waals surface area contributed by atoms with E-state index in [0.29, 0.717) is 18.7 Å². The zero-order chi connectivity index (χ0) is 19.8. The number of nitrogens with zero attached hydrogens (tertiary/aromatic N) is 1. The Labute approximate surface area is 156 Å². The number of likely N-dealkylation sites (N-methyl/N-ethyl adjacent to an activating group) is 1. The SMILES string of the molecule is CCN(CC(=O)NC(=O)Nc1ccccc1F)Cc1ccc(OC)c(F)c1. The third-order valence-corrected chi connectivity index (χ3v) is 3.81. The van der Waals surface area contributed by atoms with E-state index in [1.807, 2.05) is 6.92 Å². The largest absolute Gasteiger partial charge is 0.494 e. The summed E-state index contributed by atoms with van der Waals surface area (Å²) in [5.41, 5.74) is 0.641. The Bertz CT molecular complexity index is 815. The summed E-state index contributed by atoms with van der Waals surface area (Å²) in [6.07, 6.45) is 0. The maximum atomic E-state index is 13.8. The number of nitrogens with one attached hydrogen (secondary N) is 2. The second kappa shape index (κ2) is 9.63. The smallest absolute Gasteiger partial charge is 0.326 e. The number of para-hydroxylation sites is 1. The molecule has 0 saturated heterocycles. The van der Waals surface area contributed by atoms with Gasteiger partial charge in [0.1, 0.15) is 5.82 Å². The molecule has 0 atom stereocenters. The molecule has 2 rings (SSSR count). The van der Waals surface area contributed by atoms with E-state index in [4.69, 9.17) is 4.74 Å². The molecule has 0 saturated carbocycles. The van der Waals surface area contributed by atoms with Crippen LogP contribution in [0.25, 0.3) is 0 Å². The summed E-state index contributed by atoms with van der Waals surface area (Å²) in [7, 11) is 1.38. The molecule has 0 heterocycles. The number of halogens is 2. The minimum absolute atomic E-state index is 0.0242. The summed E-state index contributed by atoms with van der Waals surface area (Å²) in [5.74, 6) is -1.50. The molecule has 0 aliphatic carbocycles. The molecule has 0 radical (unpaired) electrons. The lowest BCUT2D eigenvalue weighted by molar-refractivity contribution is -0.121. The summed E-state index contributed by atoms with van der Waals surface area (Å²) in [4.78, 5) is 25.6. The number of amides is 3. The first-order chi connectivity index (χ1) is 12.9. The first kappa shape index (κ1) is 20.3. The number of hydrogen-bond acceptors (Lipinski definition) is 4. The van der Waals surface area contributed by atoms with Gasteiger partial charge in [-0.3, -0.25) is 15.0 Å². The highest BCUT2D eigenvalue weighted by Gasteiger charge is 2.14. The van der Waals surface area contributed by atoms with Crippen molar-refractivity contribution < 1.29 is 23.1 Å². The van der Waals surface area contributed by atoms with E-state index in [0.717, 1.165) is 0 Å². The zero-order valence-electron chi connectivity index (χ0n) is 15.1. The summed E-state index contributed by atoms with van der Waals surface area (Å²) in [5, 5.41) is 4.42. The molecule has 8 heteroatoms. The van der Waals surface area contributed by atoms with Gasteiger partial charge in [-0.05, 0) is 36.4 Å². The molecule has 3 amide bonds. The van der Waals surface area contributed by atoms with E-state index in [9.17, 15) is 18.4 Å². The molecule has 6 nitrogen and oxygen atoms in total. The van der Waals surface area contributed by atoms with Crippen LogP contribution in [0.5, 0.6) is 5.75 Å². The van der Waals surface area contributed by atoms with Crippen LogP contribution in [-0.4, -0.2) is 37.0 Å². The van der Waals surface area contributed by atoms with Crippen LogP contribution in [0.4, 0.5) is 19.3 Å². The van der Waals surface area contributed by atoms with Crippen molar-refractivity contribution in [1.82, 2.24) is 10.2 Å². The second-order valence-electron chi connectivity index (χ2n) is 5.75. The minimum atomic E-state index is -0.823. The molecule has 0 unspecified atom stereocenters. The zero-order valence-corrected chi connectivity index (χ0v) is 15.1. The van der Waals surface area contributed by atoms with Crippen molar-refractivity contribution in [2.24, 2.45) is 0 Å². The van der Waals surface area contributed by atoms with Gasteiger partial charge in [-0.15, -0.1) is 0 Å². The van der Waals surface area contributed by atoms with Gasteiger partial charge in [0.15, 0.2) is 11.6 Å². The molecular weight excluding hydrogens is 356 g/mol. The molecule has 2 aromatic rings. The average Bonchev–Trinajstić information content (AvgIpc) is 2.63. The van der Waals surface area contributed by atoms with Gasteiger partial charge in [-0.2, -0.15) is 0 Å². The summed E-state index contributed by atoms with van der Waals surface area (Å²) in [6.45, 7) is 2.59. The Hall–Kier alpha value is -3.00. The normalized spacial score (nSPS) is 10.6. The predicted molar refractivity (Wildman–Crippen MR) is 97.5 cm³/mol. The van der Waals surface area contributed by atoms with Crippen LogP contribution in [0.3, 0.4) is 0 Å². The summed E-state index contributed by atoms with van der Waals surface area (Å²) < 4.78 is 32.2. The van der Waals surface area contributed by atoms with Gasteiger partial charge in [0.05, 0.1) is 19.3 Å². The average molecular weight is 377 g/mol. The predicted octanol–water partition coefficient (Wildman–Crippen LogP) is 3.14. The lowest BCUT2D eigenvalue weighted by Crippen LogP contribution is -2.41. The van der Waals surface area contributed by atoms with Gasteiger partial charge < -0.3 is 10.1 Å². The van der Waals surface area contributed by atoms with E-state index >= 15 is 0 Å². The van der Waals surface area contributed by atoms with Crippen molar-refractivity contribution in [3.05, 3.63) is 59.7 Å². The maximum absolute atomic E-state index is 13.8. The number of urea groups is 1. The number of ether oxygens (including phenoxy) is 1. The Kier molecular flexibility index (Phi) is 7.25. The van der Waals surface area contributed by atoms with Gasteiger partial charge in [-0.1, -0.05) is 25.1 Å². The fraction of sp³-hybridized carbons (Fsp3) is 0.263. The van der Waals surface area contributed by atoms with Crippen LogP contribution in [0.2, 0.25) is 0 Å². The number of hydrogen-bond donors (Lipinski definition) is 2. The van der Waals surface area contributed by atoms with Crippen molar-refractivity contribution in [3.63, 3.8) is 0 Å². The van der Waals surface area contributed by atoms with Crippen LogP contribution in [0.1, 0.15) is 12.5 Å². The third kappa shape index (κ3) is 6.03. The van der Waals surface area contributed by atoms with Crippen molar-refractivity contribution >= 4 is 17.6 Å². The highest BCUT2D eigenvalue weighted by atomic mass is 19.1. The van der Waals surface area contributed by atoms with Gasteiger partial charge in [0, 0.05) is 6.54 Å². The van der Waals surface area contributed by atoms with Crippen LogP contribution in [0, 0.1) is 11.6 Å². The van der Waals surface area contributed by atoms with Crippen LogP contribution < -0.4 is 15.4 Å². The van der Waals surface area contributed by atoms with Crippen LogP contribution in [-0.2, 0) is 11.3 Å². The van der Waals surface area contributed by atoms with E-state index in [2.05, 4.69) is 10.6 Å². The number of anilines is 1. The second-order valence-corrected chi connectivity index (χ2v) is 5.75. The molecule has 2 N–H and O–H groups in total. The Morgan fingerprint density at radius 2 is 1.85 bits per heavy atom. The van der Waals surface area contributed by atoms with E-state index in [1.165, 1.54) is 37.4 Å². The molecule has 0 fully saturated rings. The lowest BCUT2D eigenvalue weighted by atomic mass is 10.2. The first-order valence-electron chi connectivity index (χ1n) is 8.33. The van der Waals surface area contributed by atoms with Crippen LogP contribution >= 0.6 is 0 Å². The van der Waals surface area contributed by atoms with Crippen LogP contribution in [0.15, 0.2) is 42.5 Å². The molecule has 0 bridgehead atoms. The highest BCUT2D eigenvalue weighted by molar-refractivity contribution is 6.01. The number of imide groups is 1. The molecule has 0 aromatic heterocycles. The van der Waals surface area contributed by atoms with E-state index in [-0.39, 0.29) is 18.0 Å². The monoisotopic (exact) mass is 377 g/mol. The Morgan fingerprint density at radius 1 is 1.11 bits per heavy atom. The van der Waals surface area contributed by atoms with Crippen molar-refractivity contribution in [3.8, 4) is 5.75 Å². The van der Waals surface area contributed by atoms with E-state index in [1.54, 1.807) is 17.0 Å². The number of carbonyl (C=O) groups excluding carboxylic acids is 2. The fourth-order valence-corrected chi connectivity index (χ4v) is 2.43. The van der Waals surface area contributed by atoms with Gasteiger partial charge in [0.2, 0.25) is 5.91 Å². The fourth-order valence-electron chi connectivity index (χ4n) is 2.43. The van der Waals surface area contributed by atoms with Gasteiger partial charge >= 0.3 is 6.03 Å². The van der Waals surface area contributed by atoms with Crippen molar-refractivity contribution in [2.45, 2.75) is 13.5 Å². The molecule has 27 heavy (non-hydrogen) atoms. The number of rotatable bonds is 7. The number of methoxy groups -OCH3 is 1. The molecule has 0 aliphatic heterocycles. The van der Waals surface area contributed by atoms with Crippen molar-refractivity contribution in [1.29, 1.82) is 0 Å². The topological polar surface area (TPSA) is 70.7 Å². The standard InChI is InChI=1S/C19H21F2N3O3/c1-3-24(11-13-8-9-17(27-2)15(21)10-13)12-18(25)23-19(26)22-16-7-5-4-6-14(16)20/h4-10H,3,11-12H2,1-2H3,(H2,22,23,25,26). The van der Waals surface area contributed by atoms with E-state index < -0.39 is 23.6 Å². The number of benzene rings is 2. The third-order valence-electron chi connectivity index (χ3n) is 3.81. The molecule has 144 valence electrons. The number of carbonyl (C=O) groups is 2. The first-order valence-corrected chi connectivity index (χ1v) is 8.33. The van der Waals surface area contributed by atoms with Gasteiger partial charge in [0.25, 0.3) is 0 Å². The lowest BCUT2D eigenvalue weighted by Gasteiger charge is -2.20. The maximum Gasteiger partial charge on any atom is 0.326 e. The molecule has 2 aromatic carbocycles. The molecule has 0 aliphatic rings. The highest BCUT2D eigenvalue weighted by Crippen LogP contribution is 2.18. The minimum Gasteiger partial charge on any atom is -0.494 e. The Balaban J connectivity index is 1.89. The Morgan fingerprint density at radius 3 is 2.48 bits per heavy atom. The van der Waals surface area contributed by atoms with Gasteiger partial charge in [-0.25, -0.2) is 13.6 Å². The van der Waals surface area contributed by atoms with Crippen molar-refractivity contribution in [2.75, 3.05) is 25.5 Å². The quantitative estimate of drug-likeness (QED) is 0.778. The molecular formula is C19H21F2N3O3. The summed E-state index contributed by atoms with van der Waals surface area (Å²) in [6, 6.07) is 9.37.